The molecule has 2 heteroatoms. The van der Waals surface area contributed by atoms with Crippen molar-refractivity contribution in [1.82, 2.24) is 0 Å². The van der Waals surface area contributed by atoms with Gasteiger partial charge in [-0.3, -0.25) is 0 Å². The molecule has 2 aromatic rings. The van der Waals surface area contributed by atoms with Gasteiger partial charge in [0.25, 0.3) is 0 Å². The van der Waals surface area contributed by atoms with Crippen LogP contribution in [-0.4, -0.2) is 58.5 Å². The molecule has 0 heterocycles. The van der Waals surface area contributed by atoms with Gasteiger partial charge in [0, 0.05) is 51.4 Å². The molecule has 0 fully saturated rings. The molecular weight excluding hydrogens is 307 g/mol. The Hall–Kier alpha value is -0.384. The molecule has 2 rings (SSSR count). The summed E-state index contributed by atoms with van der Waals surface area (Å²) < 4.78 is 5.18. The van der Waals surface area contributed by atoms with Gasteiger partial charge in [-0.05, 0) is 47.1 Å². The van der Waals surface area contributed by atoms with Crippen LogP contribution in [0.25, 0.3) is 6.08 Å². The van der Waals surface area contributed by atoms with E-state index in [1.807, 2.05) is 12.1 Å². The van der Waals surface area contributed by atoms with Gasteiger partial charge in [-0.2, -0.15) is 0 Å². The van der Waals surface area contributed by atoms with Crippen molar-refractivity contribution in [3.05, 3.63) is 71.3 Å². The van der Waals surface area contributed by atoms with E-state index in [9.17, 15) is 0 Å². The Morgan fingerprint density at radius 1 is 0.957 bits per heavy atom. The number of benzene rings is 2. The molecule has 0 aliphatic heterocycles. The Morgan fingerprint density at radius 3 is 2.22 bits per heavy atom. The predicted octanol–water partition coefficient (Wildman–Crippen LogP) is 5.64. The molecule has 0 saturated heterocycles. The second-order valence-electron chi connectivity index (χ2n) is 6.14. The van der Waals surface area contributed by atoms with Gasteiger partial charge in [0.2, 0.25) is 0 Å². The third-order valence-electron chi connectivity index (χ3n) is 4.06. The predicted molar refractivity (Wildman–Crippen MR) is 101 cm³/mol. The summed E-state index contributed by atoms with van der Waals surface area (Å²) in [7, 11) is 1.69. The largest absolute Gasteiger partial charge is 0.497 e. The van der Waals surface area contributed by atoms with E-state index in [1.54, 1.807) is 7.11 Å². The second-order valence-corrected chi connectivity index (χ2v) is 6.14. The van der Waals surface area contributed by atoms with E-state index in [0.29, 0.717) is 11.8 Å². The maximum Gasteiger partial charge on any atom is 0.118 e. The van der Waals surface area contributed by atoms with Crippen molar-refractivity contribution in [3.63, 3.8) is 0 Å². The third kappa shape index (κ3) is 6.56. The second kappa shape index (κ2) is 10.5. The fraction of sp³-hybridized carbons (Fsp3) is 0.333. The van der Waals surface area contributed by atoms with Crippen LogP contribution in [0.5, 0.6) is 5.75 Å². The number of hydrogen-bond acceptors (Lipinski definition) is 1. The van der Waals surface area contributed by atoms with E-state index in [0.717, 1.165) is 12.2 Å². The van der Waals surface area contributed by atoms with Crippen LogP contribution in [0.4, 0.5) is 0 Å². The zero-order chi connectivity index (χ0) is 15.9. The Kier molecular flexibility index (Phi) is 9.41. The summed E-state index contributed by atoms with van der Waals surface area (Å²) in [4.78, 5) is 0. The van der Waals surface area contributed by atoms with E-state index in [1.165, 1.54) is 16.7 Å². The summed E-state index contributed by atoms with van der Waals surface area (Å²) in [6.07, 6.45) is 5.49. The maximum atomic E-state index is 5.18. The van der Waals surface area contributed by atoms with Crippen LogP contribution in [0.3, 0.4) is 0 Å². The quantitative estimate of drug-likeness (QED) is 0.621. The van der Waals surface area contributed by atoms with E-state index in [2.05, 4.69) is 69.3 Å². The molecule has 1 unspecified atom stereocenters. The Balaban J connectivity index is 0.00000264. The molecule has 23 heavy (non-hydrogen) atoms. The Bertz CT molecular complexity index is 614. The number of hydrogen-bond donors (Lipinski definition) is 0. The van der Waals surface area contributed by atoms with Gasteiger partial charge in [0.05, 0.1) is 7.11 Å². The molecule has 0 saturated carbocycles. The van der Waals surface area contributed by atoms with Crippen molar-refractivity contribution in [1.29, 1.82) is 0 Å². The minimum absolute atomic E-state index is 0. The van der Waals surface area contributed by atoms with Gasteiger partial charge in [-0.15, -0.1) is 0 Å². The maximum absolute atomic E-state index is 5.18. The molecule has 1 nitrogen and oxygen atoms in total. The van der Waals surface area contributed by atoms with Crippen molar-refractivity contribution in [2.75, 3.05) is 7.11 Å². The minimum atomic E-state index is 0. The molecule has 0 aliphatic carbocycles. The van der Waals surface area contributed by atoms with Gasteiger partial charge in [0.1, 0.15) is 5.75 Å². The Morgan fingerprint density at radius 2 is 1.61 bits per heavy atom. The minimum Gasteiger partial charge on any atom is -0.497 e. The zero-order valence-corrected chi connectivity index (χ0v) is 18.2. The van der Waals surface area contributed by atoms with Crippen LogP contribution in [0.2, 0.25) is 0 Å². The fourth-order valence-corrected chi connectivity index (χ4v) is 2.48. The van der Waals surface area contributed by atoms with Crippen molar-refractivity contribution < 1.29 is 4.74 Å². The molecule has 1 radical (unpaired) electrons. The molecule has 0 aromatic heterocycles. The Labute approximate surface area is 183 Å². The first kappa shape index (κ1) is 20.7. The molecule has 1 atom stereocenters. The standard InChI is InChI=1S/C21H26O.K/c1-16(2)19-9-6-10-20(15-19)17(3)7-5-8-18-11-13-21(22-4)14-12-18;/h5-6,8-17H,7H2,1-4H3;. The summed E-state index contributed by atoms with van der Waals surface area (Å²) in [5.74, 6) is 2.02. The summed E-state index contributed by atoms with van der Waals surface area (Å²) in [5.41, 5.74) is 4.05. The number of rotatable bonds is 6. The van der Waals surface area contributed by atoms with Crippen LogP contribution in [0.15, 0.2) is 54.6 Å². The molecule has 2 aromatic carbocycles. The number of methoxy groups -OCH3 is 1. The SMILES string of the molecule is COc1ccc(C=CCC(C)c2cccc(C(C)C)c2)cc1.[K]. The molecule has 0 spiro atoms. The van der Waals surface area contributed by atoms with Gasteiger partial charge in [-0.1, -0.05) is 69.3 Å². The summed E-state index contributed by atoms with van der Waals surface area (Å²) in [6, 6.07) is 17.1. The van der Waals surface area contributed by atoms with Crippen LogP contribution < -0.4 is 4.74 Å². The van der Waals surface area contributed by atoms with E-state index >= 15 is 0 Å². The fourth-order valence-electron chi connectivity index (χ4n) is 2.48. The molecule has 0 aliphatic rings. The van der Waals surface area contributed by atoms with Crippen molar-refractivity contribution >= 4 is 57.5 Å². The summed E-state index contributed by atoms with van der Waals surface area (Å²) in [6.45, 7) is 6.78. The van der Waals surface area contributed by atoms with Gasteiger partial charge in [-0.25, -0.2) is 0 Å². The average Bonchev–Trinajstić information content (AvgIpc) is 2.55. The topological polar surface area (TPSA) is 9.23 Å². The van der Waals surface area contributed by atoms with Gasteiger partial charge < -0.3 is 4.74 Å². The molecule has 117 valence electrons. The summed E-state index contributed by atoms with van der Waals surface area (Å²) in [5, 5.41) is 0. The van der Waals surface area contributed by atoms with E-state index in [-0.39, 0.29) is 51.4 Å². The smallest absolute Gasteiger partial charge is 0.118 e. The molecular formula is C21H26KO. The van der Waals surface area contributed by atoms with Gasteiger partial charge in [0.15, 0.2) is 0 Å². The first-order chi connectivity index (χ1) is 10.6. The van der Waals surface area contributed by atoms with Gasteiger partial charge >= 0.3 is 0 Å². The van der Waals surface area contributed by atoms with Crippen molar-refractivity contribution in [2.45, 2.75) is 39.0 Å². The van der Waals surface area contributed by atoms with Crippen LogP contribution in [-0.2, 0) is 0 Å². The first-order valence-corrected chi connectivity index (χ1v) is 8.00. The van der Waals surface area contributed by atoms with E-state index in [4.69, 9.17) is 4.74 Å². The average molecular weight is 334 g/mol. The van der Waals surface area contributed by atoms with Crippen LogP contribution >= 0.6 is 0 Å². The van der Waals surface area contributed by atoms with Crippen LogP contribution in [0.1, 0.15) is 55.7 Å². The normalized spacial score (nSPS) is 12.2. The van der Waals surface area contributed by atoms with Crippen molar-refractivity contribution in [2.24, 2.45) is 0 Å². The van der Waals surface area contributed by atoms with Crippen LogP contribution in [0, 0.1) is 0 Å². The third-order valence-corrected chi connectivity index (χ3v) is 4.06. The summed E-state index contributed by atoms with van der Waals surface area (Å²) >= 11 is 0. The first-order valence-electron chi connectivity index (χ1n) is 8.00. The zero-order valence-electron chi connectivity index (χ0n) is 15.0. The molecule has 0 bridgehead atoms. The van der Waals surface area contributed by atoms with Crippen molar-refractivity contribution in [3.8, 4) is 5.75 Å². The number of ether oxygens (including phenoxy) is 1. The van der Waals surface area contributed by atoms with E-state index < -0.39 is 0 Å². The molecule has 0 N–H and O–H groups in total. The molecule has 0 amide bonds. The monoisotopic (exact) mass is 333 g/mol. The number of allylic oxidation sites excluding steroid dienone is 1.